The van der Waals surface area contributed by atoms with Gasteiger partial charge in [0.05, 0.1) is 12.8 Å². The van der Waals surface area contributed by atoms with Gasteiger partial charge < -0.3 is 4.74 Å². The van der Waals surface area contributed by atoms with Crippen molar-refractivity contribution in [1.29, 1.82) is 0 Å². The van der Waals surface area contributed by atoms with Gasteiger partial charge in [0.25, 0.3) is 5.91 Å². The van der Waals surface area contributed by atoms with E-state index < -0.39 is 0 Å². The van der Waals surface area contributed by atoms with E-state index in [1.54, 1.807) is 6.21 Å². The minimum atomic E-state index is -0.220. The summed E-state index contributed by atoms with van der Waals surface area (Å²) in [6.07, 6.45) is 12.4. The lowest BCUT2D eigenvalue weighted by Gasteiger charge is -2.09. The highest BCUT2D eigenvalue weighted by Gasteiger charge is 2.06. The van der Waals surface area contributed by atoms with E-state index in [-0.39, 0.29) is 5.91 Å². The largest absolute Gasteiger partial charge is 0.493 e. The Hall–Kier alpha value is -2.14. The van der Waals surface area contributed by atoms with Crippen LogP contribution in [0.5, 0.6) is 5.75 Å². The van der Waals surface area contributed by atoms with Crippen molar-refractivity contribution in [3.63, 3.8) is 0 Å². The zero-order valence-electron chi connectivity index (χ0n) is 18.8. The normalized spacial score (nSPS) is 11.1. The number of carbonyl (C=O) groups excluding carboxylic acids is 1. The molecule has 0 unspecified atom stereocenters. The zero-order chi connectivity index (χ0) is 22.3. The Morgan fingerprint density at radius 1 is 0.968 bits per heavy atom. The number of rotatable bonds is 14. The Labute approximate surface area is 195 Å². The van der Waals surface area contributed by atoms with Crippen molar-refractivity contribution in [2.75, 3.05) is 6.61 Å². The highest BCUT2D eigenvalue weighted by molar-refractivity contribution is 9.10. The smallest absolute Gasteiger partial charge is 0.271 e. The minimum Gasteiger partial charge on any atom is -0.493 e. The Kier molecular flexibility index (Phi) is 12.0. The van der Waals surface area contributed by atoms with Crippen molar-refractivity contribution in [2.24, 2.45) is 5.10 Å². The molecule has 0 saturated heterocycles. The maximum Gasteiger partial charge on any atom is 0.271 e. The summed E-state index contributed by atoms with van der Waals surface area (Å²) in [5.41, 5.74) is 5.30. The SMILES string of the molecule is CCCCCCCCOc1ccc(Br)cc1C=NNC(=O)c1ccc(CCCC)cc1. The number of aryl methyl sites for hydroxylation is 1. The summed E-state index contributed by atoms with van der Waals surface area (Å²) in [6.45, 7) is 5.09. The molecular weight excluding hydrogens is 452 g/mol. The number of benzene rings is 2. The van der Waals surface area contributed by atoms with Crippen LogP contribution in [0.2, 0.25) is 0 Å². The van der Waals surface area contributed by atoms with E-state index in [1.165, 1.54) is 37.7 Å². The predicted octanol–water partition coefficient (Wildman–Crippen LogP) is 7.29. The van der Waals surface area contributed by atoms with Crippen LogP contribution >= 0.6 is 15.9 Å². The average molecular weight is 487 g/mol. The van der Waals surface area contributed by atoms with Gasteiger partial charge >= 0.3 is 0 Å². The van der Waals surface area contributed by atoms with Crippen LogP contribution in [0.1, 0.15) is 86.7 Å². The maximum absolute atomic E-state index is 12.4. The summed E-state index contributed by atoms with van der Waals surface area (Å²) in [4.78, 5) is 12.4. The Bertz CT molecular complexity index is 819. The molecule has 5 heteroatoms. The number of amides is 1. The summed E-state index contributed by atoms with van der Waals surface area (Å²) in [7, 11) is 0. The van der Waals surface area contributed by atoms with Crippen molar-refractivity contribution in [3.05, 3.63) is 63.6 Å². The highest BCUT2D eigenvalue weighted by Crippen LogP contribution is 2.22. The third kappa shape index (κ3) is 9.69. The molecular formula is C26H35BrN2O2. The van der Waals surface area contributed by atoms with Gasteiger partial charge in [0.1, 0.15) is 5.75 Å². The summed E-state index contributed by atoms with van der Waals surface area (Å²) in [5, 5.41) is 4.14. The number of halogens is 1. The van der Waals surface area contributed by atoms with Gasteiger partial charge in [0, 0.05) is 15.6 Å². The van der Waals surface area contributed by atoms with Crippen molar-refractivity contribution >= 4 is 28.1 Å². The molecule has 0 fully saturated rings. The van der Waals surface area contributed by atoms with Gasteiger partial charge in [-0.2, -0.15) is 5.10 Å². The van der Waals surface area contributed by atoms with E-state index >= 15 is 0 Å². The predicted molar refractivity (Wildman–Crippen MR) is 133 cm³/mol. The van der Waals surface area contributed by atoms with Crippen LogP contribution in [0, 0.1) is 0 Å². The topological polar surface area (TPSA) is 50.7 Å². The van der Waals surface area contributed by atoms with Crippen molar-refractivity contribution in [3.8, 4) is 5.75 Å². The lowest BCUT2D eigenvalue weighted by molar-refractivity contribution is 0.0955. The van der Waals surface area contributed by atoms with Gasteiger partial charge in [0.15, 0.2) is 0 Å². The van der Waals surface area contributed by atoms with Gasteiger partial charge in [0.2, 0.25) is 0 Å². The summed E-state index contributed by atoms with van der Waals surface area (Å²) in [5.74, 6) is 0.554. The second kappa shape index (κ2) is 14.8. The van der Waals surface area contributed by atoms with E-state index in [4.69, 9.17) is 4.74 Å². The molecule has 0 radical (unpaired) electrons. The number of unbranched alkanes of at least 4 members (excludes halogenated alkanes) is 6. The average Bonchev–Trinajstić information content (AvgIpc) is 2.78. The molecule has 1 N–H and O–H groups in total. The van der Waals surface area contributed by atoms with Crippen molar-refractivity contribution in [1.82, 2.24) is 5.43 Å². The lowest BCUT2D eigenvalue weighted by atomic mass is 10.1. The number of nitrogens with zero attached hydrogens (tertiary/aromatic N) is 1. The second-order valence-corrected chi connectivity index (χ2v) is 8.71. The molecule has 4 nitrogen and oxygen atoms in total. The fraction of sp³-hybridized carbons (Fsp3) is 0.462. The molecule has 2 rings (SSSR count). The first-order valence-corrected chi connectivity index (χ1v) is 12.3. The Morgan fingerprint density at radius 2 is 1.68 bits per heavy atom. The third-order valence-electron chi connectivity index (χ3n) is 5.13. The van der Waals surface area contributed by atoms with E-state index in [9.17, 15) is 4.79 Å². The van der Waals surface area contributed by atoms with Crippen LogP contribution in [0.25, 0.3) is 0 Å². The van der Waals surface area contributed by atoms with Gasteiger partial charge in [-0.1, -0.05) is 80.4 Å². The fourth-order valence-corrected chi connectivity index (χ4v) is 3.62. The number of hydrogen-bond donors (Lipinski definition) is 1. The van der Waals surface area contributed by atoms with E-state index in [0.717, 1.165) is 41.5 Å². The minimum absolute atomic E-state index is 0.220. The third-order valence-corrected chi connectivity index (χ3v) is 5.63. The first-order valence-electron chi connectivity index (χ1n) is 11.5. The Balaban J connectivity index is 1.86. The standard InChI is InChI=1S/C26H35BrN2O2/c1-3-5-7-8-9-10-18-31-25-17-16-24(27)19-23(25)20-28-29-26(30)22-14-12-21(13-15-22)11-6-4-2/h12-17,19-20H,3-11,18H2,1-2H3,(H,29,30). The molecule has 1 amide bonds. The zero-order valence-corrected chi connectivity index (χ0v) is 20.4. The molecule has 168 valence electrons. The number of nitrogens with one attached hydrogen (secondary N) is 1. The molecule has 0 atom stereocenters. The summed E-state index contributed by atoms with van der Waals surface area (Å²) >= 11 is 3.49. The molecule has 2 aromatic carbocycles. The van der Waals surface area contributed by atoms with Crippen LogP contribution in [-0.2, 0) is 6.42 Å². The van der Waals surface area contributed by atoms with Gasteiger partial charge in [-0.15, -0.1) is 0 Å². The molecule has 0 aromatic heterocycles. The molecule has 0 aliphatic rings. The fourth-order valence-electron chi connectivity index (χ4n) is 3.24. The summed E-state index contributed by atoms with van der Waals surface area (Å²) < 4.78 is 6.90. The molecule has 0 bridgehead atoms. The van der Waals surface area contributed by atoms with Gasteiger partial charge in [-0.05, 0) is 55.2 Å². The first kappa shape index (κ1) is 25.1. The number of hydrogen-bond acceptors (Lipinski definition) is 3. The van der Waals surface area contributed by atoms with E-state index in [0.29, 0.717) is 12.2 Å². The monoisotopic (exact) mass is 486 g/mol. The van der Waals surface area contributed by atoms with Crippen molar-refractivity contribution < 1.29 is 9.53 Å². The highest BCUT2D eigenvalue weighted by atomic mass is 79.9. The van der Waals surface area contributed by atoms with Crippen LogP contribution in [0.3, 0.4) is 0 Å². The maximum atomic E-state index is 12.4. The molecule has 0 heterocycles. The number of ether oxygens (including phenoxy) is 1. The number of hydrazone groups is 1. The first-order chi connectivity index (χ1) is 15.1. The molecule has 2 aromatic rings. The van der Waals surface area contributed by atoms with E-state index in [1.807, 2.05) is 42.5 Å². The molecule has 0 aliphatic heterocycles. The van der Waals surface area contributed by atoms with Gasteiger partial charge in [-0.3, -0.25) is 4.79 Å². The number of carbonyl (C=O) groups is 1. The van der Waals surface area contributed by atoms with Crippen LogP contribution in [0.4, 0.5) is 0 Å². The van der Waals surface area contributed by atoms with Crippen LogP contribution < -0.4 is 10.2 Å². The molecule has 0 saturated carbocycles. The Morgan fingerprint density at radius 3 is 2.42 bits per heavy atom. The van der Waals surface area contributed by atoms with Crippen LogP contribution in [-0.4, -0.2) is 18.7 Å². The lowest BCUT2D eigenvalue weighted by Crippen LogP contribution is -2.17. The quantitative estimate of drug-likeness (QED) is 0.173. The molecule has 0 aliphatic carbocycles. The van der Waals surface area contributed by atoms with Gasteiger partial charge in [-0.25, -0.2) is 5.43 Å². The molecule has 0 spiro atoms. The summed E-state index contributed by atoms with van der Waals surface area (Å²) in [6, 6.07) is 13.5. The van der Waals surface area contributed by atoms with Crippen LogP contribution in [0.15, 0.2) is 52.0 Å². The van der Waals surface area contributed by atoms with E-state index in [2.05, 4.69) is 40.3 Å². The second-order valence-electron chi connectivity index (χ2n) is 7.80. The molecule has 31 heavy (non-hydrogen) atoms. The van der Waals surface area contributed by atoms with Crippen molar-refractivity contribution in [2.45, 2.75) is 71.6 Å².